The van der Waals surface area contributed by atoms with Gasteiger partial charge in [-0.25, -0.2) is 9.97 Å². The molecule has 0 aliphatic carbocycles. The molecule has 7 heteroatoms. The molecule has 27 heavy (non-hydrogen) atoms. The van der Waals surface area contributed by atoms with Crippen LogP contribution < -0.4 is 10.2 Å². The number of amides is 1. The first-order valence-corrected chi connectivity index (χ1v) is 10.1. The van der Waals surface area contributed by atoms with E-state index in [-0.39, 0.29) is 5.91 Å². The molecule has 1 aliphatic rings. The van der Waals surface area contributed by atoms with Crippen LogP contribution in [0.1, 0.15) is 12.5 Å². The summed E-state index contributed by atoms with van der Waals surface area (Å²) in [4.78, 5) is 26.7. The third kappa shape index (κ3) is 4.09. The summed E-state index contributed by atoms with van der Waals surface area (Å²) < 4.78 is 0. The maximum atomic E-state index is 12.4. The van der Waals surface area contributed by atoms with Crippen molar-refractivity contribution in [2.45, 2.75) is 13.3 Å². The van der Waals surface area contributed by atoms with Gasteiger partial charge in [0, 0.05) is 31.9 Å². The van der Waals surface area contributed by atoms with Crippen molar-refractivity contribution in [3.8, 4) is 0 Å². The molecule has 0 bridgehead atoms. The van der Waals surface area contributed by atoms with Crippen molar-refractivity contribution in [3.05, 3.63) is 47.6 Å². The Balaban J connectivity index is 1.32. The van der Waals surface area contributed by atoms with Crippen LogP contribution in [0.2, 0.25) is 0 Å². The molecule has 2 aromatic heterocycles. The van der Waals surface area contributed by atoms with Crippen LogP contribution in [0.5, 0.6) is 0 Å². The number of fused-ring (bicyclic) bond motifs is 1. The number of carbonyl (C=O) groups excluding carboxylic acids is 1. The van der Waals surface area contributed by atoms with E-state index < -0.39 is 0 Å². The minimum Gasteiger partial charge on any atom is -0.353 e. The second-order valence-electron chi connectivity index (χ2n) is 6.70. The average Bonchev–Trinajstić information content (AvgIpc) is 3.17. The summed E-state index contributed by atoms with van der Waals surface area (Å²) in [7, 11) is 0. The largest absolute Gasteiger partial charge is 0.353 e. The van der Waals surface area contributed by atoms with E-state index in [0.717, 1.165) is 54.3 Å². The minimum atomic E-state index is 0.0407. The summed E-state index contributed by atoms with van der Waals surface area (Å²) in [6.07, 6.45) is 2.60. The maximum Gasteiger partial charge on any atom is 0.238 e. The van der Waals surface area contributed by atoms with E-state index in [1.807, 2.05) is 18.2 Å². The number of nitrogens with zero attached hydrogens (tertiary/aromatic N) is 4. The van der Waals surface area contributed by atoms with Gasteiger partial charge >= 0.3 is 0 Å². The van der Waals surface area contributed by atoms with Gasteiger partial charge in [0.2, 0.25) is 5.91 Å². The second kappa shape index (κ2) is 8.02. The van der Waals surface area contributed by atoms with Crippen LogP contribution in [0.15, 0.2) is 42.0 Å². The van der Waals surface area contributed by atoms with Gasteiger partial charge in [-0.15, -0.1) is 11.3 Å². The number of rotatable bonds is 5. The van der Waals surface area contributed by atoms with Crippen molar-refractivity contribution in [3.63, 3.8) is 0 Å². The average molecular weight is 382 g/mol. The predicted molar refractivity (Wildman–Crippen MR) is 111 cm³/mol. The van der Waals surface area contributed by atoms with E-state index in [1.54, 1.807) is 17.7 Å². The number of aromatic nitrogens is 2. The van der Waals surface area contributed by atoms with E-state index >= 15 is 0 Å². The number of nitrogens with one attached hydrogen (secondary N) is 1. The normalized spacial score (nSPS) is 15.2. The third-order valence-electron chi connectivity index (χ3n) is 4.90. The highest BCUT2D eigenvalue weighted by Crippen LogP contribution is 2.27. The van der Waals surface area contributed by atoms with Gasteiger partial charge in [0.1, 0.15) is 17.0 Å². The number of benzene rings is 1. The summed E-state index contributed by atoms with van der Waals surface area (Å²) in [5.74, 6) is 1.04. The fraction of sp³-hybridized carbons (Fsp3) is 0.350. The number of hydrogen-bond acceptors (Lipinski definition) is 6. The van der Waals surface area contributed by atoms with Crippen molar-refractivity contribution in [1.29, 1.82) is 0 Å². The molecule has 0 radical (unpaired) electrons. The Bertz CT molecular complexity index is 933. The summed E-state index contributed by atoms with van der Waals surface area (Å²) in [5.41, 5.74) is 2.10. The number of thiophene rings is 1. The van der Waals surface area contributed by atoms with Crippen LogP contribution in [0, 0.1) is 0 Å². The molecular weight excluding hydrogens is 358 g/mol. The summed E-state index contributed by atoms with van der Waals surface area (Å²) >= 11 is 1.64. The lowest BCUT2D eigenvalue weighted by Crippen LogP contribution is -2.49. The fourth-order valence-electron chi connectivity index (χ4n) is 3.42. The highest BCUT2D eigenvalue weighted by molar-refractivity contribution is 7.16. The molecule has 3 heterocycles. The fourth-order valence-corrected chi connectivity index (χ4v) is 4.15. The number of anilines is 2. The van der Waals surface area contributed by atoms with Crippen molar-refractivity contribution in [2.75, 3.05) is 42.9 Å². The van der Waals surface area contributed by atoms with E-state index in [4.69, 9.17) is 0 Å². The van der Waals surface area contributed by atoms with Crippen LogP contribution in [-0.2, 0) is 11.2 Å². The number of piperazine rings is 1. The Labute approximate surface area is 162 Å². The van der Waals surface area contributed by atoms with Crippen molar-refractivity contribution in [1.82, 2.24) is 14.9 Å². The molecule has 0 unspecified atom stereocenters. The lowest BCUT2D eigenvalue weighted by Gasteiger charge is -2.35. The highest BCUT2D eigenvalue weighted by Gasteiger charge is 2.21. The molecular formula is C20H23N5OS. The van der Waals surface area contributed by atoms with Crippen LogP contribution in [-0.4, -0.2) is 53.5 Å². The van der Waals surface area contributed by atoms with Gasteiger partial charge in [-0.1, -0.05) is 19.1 Å². The predicted octanol–water partition coefficient (Wildman–Crippen LogP) is 3.01. The van der Waals surface area contributed by atoms with Gasteiger partial charge in [-0.2, -0.15) is 0 Å². The summed E-state index contributed by atoms with van der Waals surface area (Å²) in [6, 6.07) is 10.1. The SMILES string of the molecule is CCc1cccc(NC(=O)CN2CCN(c3ncnc4sccc34)CC2)c1. The van der Waals surface area contributed by atoms with Crippen molar-refractivity contribution >= 4 is 39.0 Å². The van der Waals surface area contributed by atoms with Gasteiger partial charge in [-0.05, 0) is 35.6 Å². The molecule has 3 aromatic rings. The maximum absolute atomic E-state index is 12.4. The summed E-state index contributed by atoms with van der Waals surface area (Å²) in [6.45, 7) is 5.95. The Kier molecular flexibility index (Phi) is 5.31. The van der Waals surface area contributed by atoms with Gasteiger partial charge in [0.05, 0.1) is 11.9 Å². The number of hydrogen-bond donors (Lipinski definition) is 1. The quantitative estimate of drug-likeness (QED) is 0.736. The van der Waals surface area contributed by atoms with Crippen LogP contribution in [0.4, 0.5) is 11.5 Å². The lowest BCUT2D eigenvalue weighted by atomic mass is 10.1. The summed E-state index contributed by atoms with van der Waals surface area (Å²) in [5, 5.41) is 6.18. The van der Waals surface area contributed by atoms with Gasteiger partial charge in [0.15, 0.2) is 0 Å². The molecule has 1 amide bonds. The van der Waals surface area contributed by atoms with Crippen molar-refractivity contribution in [2.24, 2.45) is 0 Å². The standard InChI is InChI=1S/C20H23N5OS/c1-2-15-4-3-5-16(12-15)23-18(26)13-24-7-9-25(10-8-24)19-17-6-11-27-20(17)22-14-21-19/h3-6,11-12,14H,2,7-10,13H2,1H3,(H,23,26). The lowest BCUT2D eigenvalue weighted by molar-refractivity contribution is -0.117. The van der Waals surface area contributed by atoms with Crippen LogP contribution in [0.3, 0.4) is 0 Å². The molecule has 0 spiro atoms. The number of carbonyl (C=O) groups is 1. The smallest absolute Gasteiger partial charge is 0.238 e. The van der Waals surface area contributed by atoms with Crippen molar-refractivity contribution < 1.29 is 4.79 Å². The Morgan fingerprint density at radius 2 is 2.04 bits per heavy atom. The first-order valence-electron chi connectivity index (χ1n) is 9.27. The van der Waals surface area contributed by atoms with Gasteiger partial charge in [-0.3, -0.25) is 9.69 Å². The molecule has 1 fully saturated rings. The van der Waals surface area contributed by atoms with E-state index in [9.17, 15) is 4.79 Å². The molecule has 1 aromatic carbocycles. The van der Waals surface area contributed by atoms with Crippen LogP contribution >= 0.6 is 11.3 Å². The van der Waals surface area contributed by atoms with E-state index in [2.05, 4.69) is 49.5 Å². The van der Waals surface area contributed by atoms with E-state index in [1.165, 1.54) is 5.56 Å². The molecule has 1 N–H and O–H groups in total. The monoisotopic (exact) mass is 381 g/mol. The second-order valence-corrected chi connectivity index (χ2v) is 7.60. The Hall–Kier alpha value is -2.51. The molecule has 4 rings (SSSR count). The first-order chi connectivity index (χ1) is 13.2. The van der Waals surface area contributed by atoms with Gasteiger partial charge in [0.25, 0.3) is 0 Å². The molecule has 1 saturated heterocycles. The highest BCUT2D eigenvalue weighted by atomic mass is 32.1. The number of aryl methyl sites for hydroxylation is 1. The molecule has 6 nitrogen and oxygen atoms in total. The zero-order valence-corrected chi connectivity index (χ0v) is 16.2. The molecule has 0 atom stereocenters. The van der Waals surface area contributed by atoms with Crippen LogP contribution in [0.25, 0.3) is 10.2 Å². The topological polar surface area (TPSA) is 61.4 Å². The first kappa shape index (κ1) is 17.9. The zero-order chi connectivity index (χ0) is 18.6. The third-order valence-corrected chi connectivity index (χ3v) is 5.72. The molecule has 0 saturated carbocycles. The molecule has 140 valence electrons. The Morgan fingerprint density at radius 3 is 2.85 bits per heavy atom. The Morgan fingerprint density at radius 1 is 1.19 bits per heavy atom. The van der Waals surface area contributed by atoms with Gasteiger partial charge < -0.3 is 10.2 Å². The minimum absolute atomic E-state index is 0.0407. The van der Waals surface area contributed by atoms with E-state index in [0.29, 0.717) is 6.54 Å². The molecule has 1 aliphatic heterocycles. The zero-order valence-electron chi connectivity index (χ0n) is 15.4.